The number of nitrogens with one attached hydrogen (secondary N) is 1. The standard InChI is InChI=1S/C40H47N3O9/c1-40(2,3)52-37(47)33-10-7-19-42(33)23-31-20-34(29-15-13-27(24-44)14-16-29)51-38(50-31)30-17-11-26(12-18-30)22-43-35(45)21-32(36(43)46)41-39(48)49-25-28-8-5-4-6-9-28/h4-6,8-9,11-18,31-34,38,44H,7,10,19-25H2,1-3H3,(H,41,48). The van der Waals surface area contributed by atoms with Gasteiger partial charge in [-0.3, -0.25) is 24.2 Å². The zero-order valence-corrected chi connectivity index (χ0v) is 29.9. The van der Waals surface area contributed by atoms with E-state index in [9.17, 15) is 24.3 Å². The molecule has 0 bridgehead atoms. The zero-order chi connectivity index (χ0) is 36.8. The Morgan fingerprint density at radius 3 is 2.29 bits per heavy atom. The maximum atomic E-state index is 13.1. The third-order valence-electron chi connectivity index (χ3n) is 9.44. The molecule has 5 atom stereocenters. The normalized spacial score (nSPS) is 23.8. The maximum absolute atomic E-state index is 13.1. The largest absolute Gasteiger partial charge is 0.459 e. The Bertz CT molecular complexity index is 1710. The van der Waals surface area contributed by atoms with Crippen molar-refractivity contribution in [3.63, 3.8) is 0 Å². The number of benzene rings is 3. The maximum Gasteiger partial charge on any atom is 0.408 e. The molecule has 0 radical (unpaired) electrons. The van der Waals surface area contributed by atoms with Crippen molar-refractivity contribution in [1.29, 1.82) is 0 Å². The van der Waals surface area contributed by atoms with Crippen molar-refractivity contribution in [3.8, 4) is 0 Å². The molecular weight excluding hydrogens is 666 g/mol. The van der Waals surface area contributed by atoms with E-state index in [4.69, 9.17) is 18.9 Å². The lowest BCUT2D eigenvalue weighted by Gasteiger charge is -2.38. The van der Waals surface area contributed by atoms with Crippen LogP contribution < -0.4 is 5.32 Å². The molecule has 3 saturated heterocycles. The van der Waals surface area contributed by atoms with Gasteiger partial charge in [0, 0.05) is 18.5 Å². The van der Waals surface area contributed by atoms with Crippen LogP contribution in [0.1, 0.15) is 86.7 Å². The topological polar surface area (TPSA) is 144 Å². The summed E-state index contributed by atoms with van der Waals surface area (Å²) in [5.41, 5.74) is 3.47. The summed E-state index contributed by atoms with van der Waals surface area (Å²) in [6.07, 6.45) is -0.000425. The molecule has 3 aromatic rings. The van der Waals surface area contributed by atoms with Crippen molar-refractivity contribution in [3.05, 3.63) is 107 Å². The molecule has 276 valence electrons. The van der Waals surface area contributed by atoms with E-state index in [0.29, 0.717) is 13.0 Å². The first-order valence-corrected chi connectivity index (χ1v) is 17.8. The molecular formula is C40H47N3O9. The van der Waals surface area contributed by atoms with Gasteiger partial charge < -0.3 is 29.4 Å². The molecule has 0 aromatic heterocycles. The molecule has 3 aliphatic rings. The molecule has 5 unspecified atom stereocenters. The molecule has 0 aliphatic carbocycles. The highest BCUT2D eigenvalue weighted by molar-refractivity contribution is 6.06. The van der Waals surface area contributed by atoms with Crippen LogP contribution in [0.4, 0.5) is 4.79 Å². The number of likely N-dealkylation sites (tertiary alicyclic amines) is 2. The Balaban J connectivity index is 1.10. The smallest absolute Gasteiger partial charge is 0.408 e. The first-order valence-electron chi connectivity index (χ1n) is 17.8. The van der Waals surface area contributed by atoms with E-state index in [1.54, 1.807) is 0 Å². The summed E-state index contributed by atoms with van der Waals surface area (Å²) in [4.78, 5) is 54.7. The lowest BCUT2D eigenvalue weighted by atomic mass is 9.99. The molecule has 3 heterocycles. The number of hydrogen-bond donors (Lipinski definition) is 2. The number of carbonyl (C=O) groups excluding carboxylic acids is 4. The second kappa shape index (κ2) is 16.4. The molecule has 3 aliphatic heterocycles. The van der Waals surface area contributed by atoms with E-state index < -0.39 is 29.9 Å². The van der Waals surface area contributed by atoms with Crippen molar-refractivity contribution in [2.75, 3.05) is 13.1 Å². The third kappa shape index (κ3) is 9.43. The number of alkyl carbamates (subject to hydrolysis) is 1. The number of imide groups is 1. The number of esters is 1. The van der Waals surface area contributed by atoms with Crippen LogP contribution in [0.25, 0.3) is 0 Å². The van der Waals surface area contributed by atoms with Crippen LogP contribution in [0.5, 0.6) is 0 Å². The Kier molecular flexibility index (Phi) is 11.7. The van der Waals surface area contributed by atoms with E-state index in [0.717, 1.165) is 52.1 Å². The second-order valence-corrected chi connectivity index (χ2v) is 14.6. The highest BCUT2D eigenvalue weighted by atomic mass is 16.7. The zero-order valence-electron chi connectivity index (χ0n) is 29.9. The van der Waals surface area contributed by atoms with Crippen LogP contribution in [-0.4, -0.2) is 75.7 Å². The third-order valence-corrected chi connectivity index (χ3v) is 9.44. The molecule has 0 spiro atoms. The minimum absolute atomic E-state index is 0.0467. The number of nitrogens with zero attached hydrogens (tertiary/aromatic N) is 2. The van der Waals surface area contributed by atoms with Gasteiger partial charge in [0.1, 0.15) is 24.3 Å². The van der Waals surface area contributed by atoms with Gasteiger partial charge in [-0.05, 0) is 62.4 Å². The van der Waals surface area contributed by atoms with Crippen LogP contribution in [0.15, 0.2) is 78.9 Å². The number of aliphatic hydroxyl groups excluding tert-OH is 1. The molecule has 3 aromatic carbocycles. The van der Waals surface area contributed by atoms with Crippen molar-refractivity contribution < 1.29 is 43.2 Å². The van der Waals surface area contributed by atoms with Gasteiger partial charge in [-0.2, -0.15) is 0 Å². The number of hydrogen-bond acceptors (Lipinski definition) is 10. The molecule has 3 fully saturated rings. The van der Waals surface area contributed by atoms with Gasteiger partial charge in [0.05, 0.1) is 31.8 Å². The quantitative estimate of drug-likeness (QED) is 0.204. The van der Waals surface area contributed by atoms with E-state index in [1.165, 1.54) is 0 Å². The summed E-state index contributed by atoms with van der Waals surface area (Å²) in [6, 6.07) is 22.9. The molecule has 12 nitrogen and oxygen atoms in total. The molecule has 6 rings (SSSR count). The predicted molar refractivity (Wildman–Crippen MR) is 189 cm³/mol. The fourth-order valence-electron chi connectivity index (χ4n) is 6.81. The summed E-state index contributed by atoms with van der Waals surface area (Å²) in [5, 5.41) is 12.1. The first-order chi connectivity index (χ1) is 25.0. The van der Waals surface area contributed by atoms with Crippen LogP contribution in [-0.2, 0) is 53.1 Å². The average molecular weight is 714 g/mol. The number of carbonyl (C=O) groups is 4. The first kappa shape index (κ1) is 37.1. The van der Waals surface area contributed by atoms with E-state index in [1.807, 2.05) is 99.6 Å². The van der Waals surface area contributed by atoms with Gasteiger partial charge in [-0.25, -0.2) is 4.79 Å². The van der Waals surface area contributed by atoms with Crippen molar-refractivity contribution in [2.24, 2.45) is 0 Å². The van der Waals surface area contributed by atoms with Crippen molar-refractivity contribution in [1.82, 2.24) is 15.1 Å². The molecule has 52 heavy (non-hydrogen) atoms. The summed E-state index contributed by atoms with van der Waals surface area (Å²) in [5.74, 6) is -1.10. The Hall–Kier alpha value is -4.62. The van der Waals surface area contributed by atoms with Gasteiger partial charge >= 0.3 is 12.1 Å². The minimum atomic E-state index is -0.995. The van der Waals surface area contributed by atoms with Gasteiger partial charge in [0.15, 0.2) is 6.29 Å². The SMILES string of the molecule is CC(C)(C)OC(=O)C1CCCN1CC1CC(c2ccc(CO)cc2)OC(c2ccc(CN3C(=O)CC(NC(=O)OCc4ccccc4)C3=O)cc2)O1. The minimum Gasteiger partial charge on any atom is -0.459 e. The van der Waals surface area contributed by atoms with Crippen LogP contribution >= 0.6 is 0 Å². The van der Waals surface area contributed by atoms with E-state index in [2.05, 4.69) is 10.2 Å². The molecule has 3 amide bonds. The fraction of sp³-hybridized carbons (Fsp3) is 0.450. The van der Waals surface area contributed by atoms with Crippen molar-refractivity contribution in [2.45, 2.75) is 102 Å². The lowest BCUT2D eigenvalue weighted by Crippen LogP contribution is -2.45. The van der Waals surface area contributed by atoms with Gasteiger partial charge in [-0.15, -0.1) is 0 Å². The monoisotopic (exact) mass is 713 g/mol. The van der Waals surface area contributed by atoms with Crippen LogP contribution in [0, 0.1) is 0 Å². The summed E-state index contributed by atoms with van der Waals surface area (Å²) < 4.78 is 24.0. The summed E-state index contributed by atoms with van der Waals surface area (Å²) >= 11 is 0. The average Bonchev–Trinajstić information content (AvgIpc) is 3.70. The van der Waals surface area contributed by atoms with E-state index in [-0.39, 0.29) is 56.3 Å². The highest BCUT2D eigenvalue weighted by Gasteiger charge is 2.41. The van der Waals surface area contributed by atoms with Crippen LogP contribution in [0.3, 0.4) is 0 Å². The fourth-order valence-corrected chi connectivity index (χ4v) is 6.81. The lowest BCUT2D eigenvalue weighted by molar-refractivity contribution is -0.253. The number of rotatable bonds is 11. The van der Waals surface area contributed by atoms with Crippen LogP contribution in [0.2, 0.25) is 0 Å². The van der Waals surface area contributed by atoms with Gasteiger partial charge in [-0.1, -0.05) is 78.9 Å². The van der Waals surface area contributed by atoms with Gasteiger partial charge in [0.2, 0.25) is 5.91 Å². The molecule has 2 N–H and O–H groups in total. The molecule has 0 saturated carbocycles. The van der Waals surface area contributed by atoms with Crippen molar-refractivity contribution >= 4 is 23.9 Å². The van der Waals surface area contributed by atoms with Gasteiger partial charge in [0.25, 0.3) is 5.91 Å². The number of aliphatic hydroxyl groups is 1. The predicted octanol–water partition coefficient (Wildman–Crippen LogP) is 5.08. The Morgan fingerprint density at radius 1 is 0.904 bits per heavy atom. The van der Waals surface area contributed by atoms with E-state index >= 15 is 0 Å². The summed E-state index contributed by atoms with van der Waals surface area (Å²) in [7, 11) is 0. The second-order valence-electron chi connectivity index (χ2n) is 14.6. The molecule has 12 heteroatoms. The Morgan fingerprint density at radius 2 is 1.60 bits per heavy atom. The number of amides is 3. The number of ether oxygens (including phenoxy) is 4. The Labute approximate surface area is 304 Å². The summed E-state index contributed by atoms with van der Waals surface area (Å²) in [6.45, 7) is 6.95. The highest BCUT2D eigenvalue weighted by Crippen LogP contribution is 2.39.